The van der Waals surface area contributed by atoms with Crippen LogP contribution in [0.3, 0.4) is 0 Å². The monoisotopic (exact) mass is 481 g/mol. The second kappa shape index (κ2) is 9.18. The van der Waals surface area contributed by atoms with Crippen LogP contribution in [0.25, 0.3) is 0 Å². The predicted octanol–water partition coefficient (Wildman–Crippen LogP) is 2.11. The van der Waals surface area contributed by atoms with E-state index in [0.717, 1.165) is 43.4 Å². The highest BCUT2D eigenvalue weighted by atomic mass is 127. The van der Waals surface area contributed by atoms with E-state index in [0.29, 0.717) is 11.4 Å². The molecule has 2 rings (SSSR count). The lowest BCUT2D eigenvalue weighted by Crippen LogP contribution is -2.51. The standard InChI is InChI=1S/C17H27N3O3S.HI/c1-5-18-16(20-10-17(3)11-23-12-17)19-9-14-6-7-15(13(2)8-14)24(4,21)22;/h6-8H,5,9-12H2,1-4H3,(H2,18,19,20);1H. The van der Waals surface area contributed by atoms with E-state index >= 15 is 0 Å². The lowest BCUT2D eigenvalue weighted by atomic mass is 9.89. The Bertz CT molecular complexity index is 716. The minimum Gasteiger partial charge on any atom is -0.380 e. The Kier molecular flexibility index (Phi) is 8.14. The first-order valence-corrected chi connectivity index (χ1v) is 10.0. The molecule has 0 bridgehead atoms. The lowest BCUT2D eigenvalue weighted by molar-refractivity contribution is -0.0971. The molecule has 0 aromatic heterocycles. The minimum absolute atomic E-state index is 0. The van der Waals surface area contributed by atoms with Gasteiger partial charge >= 0.3 is 0 Å². The molecule has 0 unspecified atom stereocenters. The van der Waals surface area contributed by atoms with E-state index in [9.17, 15) is 8.42 Å². The van der Waals surface area contributed by atoms with E-state index in [1.807, 2.05) is 26.0 Å². The molecule has 1 saturated heterocycles. The zero-order chi connectivity index (χ0) is 17.8. The average molecular weight is 481 g/mol. The fourth-order valence-corrected chi connectivity index (χ4v) is 3.55. The molecule has 1 aromatic rings. The summed E-state index contributed by atoms with van der Waals surface area (Å²) in [4.78, 5) is 4.96. The van der Waals surface area contributed by atoms with Crippen LogP contribution in [0.15, 0.2) is 28.1 Å². The first-order valence-electron chi connectivity index (χ1n) is 8.13. The first-order chi connectivity index (χ1) is 11.2. The summed E-state index contributed by atoms with van der Waals surface area (Å²) in [5, 5.41) is 6.57. The molecule has 2 N–H and O–H groups in total. The smallest absolute Gasteiger partial charge is 0.191 e. The predicted molar refractivity (Wildman–Crippen MR) is 111 cm³/mol. The number of benzene rings is 1. The Morgan fingerprint density at radius 3 is 2.48 bits per heavy atom. The molecule has 0 spiro atoms. The van der Waals surface area contributed by atoms with Crippen molar-refractivity contribution in [3.05, 3.63) is 29.3 Å². The van der Waals surface area contributed by atoms with Crippen molar-refractivity contribution in [2.24, 2.45) is 10.4 Å². The summed E-state index contributed by atoms with van der Waals surface area (Å²) in [6, 6.07) is 5.35. The number of nitrogens with zero attached hydrogens (tertiary/aromatic N) is 1. The molecule has 1 fully saturated rings. The highest BCUT2D eigenvalue weighted by Crippen LogP contribution is 2.25. The molecular weight excluding hydrogens is 453 g/mol. The Morgan fingerprint density at radius 2 is 2.00 bits per heavy atom. The number of hydrogen-bond acceptors (Lipinski definition) is 4. The van der Waals surface area contributed by atoms with Crippen LogP contribution in [0, 0.1) is 12.3 Å². The van der Waals surface area contributed by atoms with Crippen molar-refractivity contribution < 1.29 is 13.2 Å². The van der Waals surface area contributed by atoms with Crippen LogP contribution in [0.4, 0.5) is 0 Å². The zero-order valence-corrected chi connectivity index (χ0v) is 18.4. The van der Waals surface area contributed by atoms with Crippen LogP contribution < -0.4 is 10.6 Å². The van der Waals surface area contributed by atoms with Gasteiger partial charge in [0, 0.05) is 24.8 Å². The lowest BCUT2D eigenvalue weighted by Gasteiger charge is -2.38. The van der Waals surface area contributed by atoms with Crippen molar-refractivity contribution in [1.82, 2.24) is 10.6 Å². The third-order valence-electron chi connectivity index (χ3n) is 3.99. The van der Waals surface area contributed by atoms with Crippen LogP contribution >= 0.6 is 24.0 Å². The molecule has 1 aromatic carbocycles. The second-order valence-electron chi connectivity index (χ2n) is 6.72. The van der Waals surface area contributed by atoms with Crippen molar-refractivity contribution in [3.8, 4) is 0 Å². The first kappa shape index (κ1) is 22.2. The van der Waals surface area contributed by atoms with Crippen molar-refractivity contribution >= 4 is 39.8 Å². The fourth-order valence-electron chi connectivity index (χ4n) is 2.59. The Balaban J connectivity index is 0.00000312. The number of rotatable bonds is 6. The maximum atomic E-state index is 11.7. The van der Waals surface area contributed by atoms with E-state index in [2.05, 4.69) is 22.5 Å². The van der Waals surface area contributed by atoms with E-state index in [4.69, 9.17) is 4.74 Å². The molecule has 142 valence electrons. The van der Waals surface area contributed by atoms with E-state index in [1.54, 1.807) is 6.07 Å². The van der Waals surface area contributed by atoms with Gasteiger partial charge in [0.05, 0.1) is 24.7 Å². The summed E-state index contributed by atoms with van der Waals surface area (Å²) < 4.78 is 28.6. The highest BCUT2D eigenvalue weighted by molar-refractivity contribution is 14.0. The molecule has 0 atom stereocenters. The summed E-state index contributed by atoms with van der Waals surface area (Å²) in [7, 11) is -3.18. The molecule has 0 amide bonds. The van der Waals surface area contributed by atoms with E-state index in [1.165, 1.54) is 6.26 Å². The number of sulfone groups is 1. The zero-order valence-electron chi connectivity index (χ0n) is 15.3. The van der Waals surface area contributed by atoms with Crippen molar-refractivity contribution in [1.29, 1.82) is 0 Å². The van der Waals surface area contributed by atoms with Crippen molar-refractivity contribution in [2.75, 3.05) is 32.6 Å². The van der Waals surface area contributed by atoms with Gasteiger partial charge in [-0.1, -0.05) is 19.1 Å². The highest BCUT2D eigenvalue weighted by Gasteiger charge is 2.33. The molecule has 1 aliphatic rings. The van der Waals surface area contributed by atoms with Gasteiger partial charge < -0.3 is 15.4 Å². The van der Waals surface area contributed by atoms with Gasteiger partial charge in [-0.05, 0) is 31.0 Å². The molecule has 0 radical (unpaired) electrons. The number of aliphatic imine (C=N–C) groups is 1. The van der Waals surface area contributed by atoms with Gasteiger partial charge in [-0.3, -0.25) is 0 Å². The third-order valence-corrected chi connectivity index (χ3v) is 5.24. The summed E-state index contributed by atoms with van der Waals surface area (Å²) in [5.41, 5.74) is 1.90. The van der Waals surface area contributed by atoms with Gasteiger partial charge in [0.2, 0.25) is 0 Å². The van der Waals surface area contributed by atoms with E-state index in [-0.39, 0.29) is 29.4 Å². The molecule has 1 heterocycles. The van der Waals surface area contributed by atoms with Crippen LogP contribution in [-0.2, 0) is 21.1 Å². The number of nitrogens with one attached hydrogen (secondary N) is 2. The van der Waals surface area contributed by atoms with Crippen LogP contribution in [0.2, 0.25) is 0 Å². The maximum absolute atomic E-state index is 11.7. The van der Waals surface area contributed by atoms with Crippen LogP contribution in [0.1, 0.15) is 25.0 Å². The second-order valence-corrected chi connectivity index (χ2v) is 8.71. The Morgan fingerprint density at radius 1 is 1.32 bits per heavy atom. The molecule has 0 aliphatic carbocycles. The Labute approximate surface area is 167 Å². The van der Waals surface area contributed by atoms with Gasteiger partial charge in [0.15, 0.2) is 15.8 Å². The van der Waals surface area contributed by atoms with Crippen molar-refractivity contribution in [3.63, 3.8) is 0 Å². The number of ether oxygens (including phenoxy) is 1. The summed E-state index contributed by atoms with van der Waals surface area (Å²) in [6.07, 6.45) is 1.23. The van der Waals surface area contributed by atoms with Gasteiger partial charge in [-0.15, -0.1) is 24.0 Å². The van der Waals surface area contributed by atoms with Gasteiger partial charge in [-0.25, -0.2) is 13.4 Å². The molecular formula is C17H28IN3O3S. The number of aryl methyl sites for hydroxylation is 1. The molecule has 6 nitrogen and oxygen atoms in total. The summed E-state index contributed by atoms with van der Waals surface area (Å²) in [5.74, 6) is 0.760. The van der Waals surface area contributed by atoms with E-state index < -0.39 is 9.84 Å². The molecule has 0 saturated carbocycles. The third kappa shape index (κ3) is 6.41. The topological polar surface area (TPSA) is 79.8 Å². The molecule has 25 heavy (non-hydrogen) atoms. The fraction of sp³-hybridized carbons (Fsp3) is 0.588. The van der Waals surface area contributed by atoms with Gasteiger partial charge in [-0.2, -0.15) is 0 Å². The number of halogens is 1. The Hall–Kier alpha value is -0.870. The molecule has 8 heteroatoms. The molecule has 1 aliphatic heterocycles. The average Bonchev–Trinajstić information content (AvgIpc) is 2.47. The SMILES string of the molecule is CCNC(=NCc1ccc(S(C)(=O)=O)c(C)c1)NCC1(C)COC1.I. The van der Waals surface area contributed by atoms with Gasteiger partial charge in [0.25, 0.3) is 0 Å². The van der Waals surface area contributed by atoms with Gasteiger partial charge in [0.1, 0.15) is 0 Å². The largest absolute Gasteiger partial charge is 0.380 e. The maximum Gasteiger partial charge on any atom is 0.191 e. The number of guanidine groups is 1. The summed E-state index contributed by atoms with van der Waals surface area (Å²) >= 11 is 0. The number of hydrogen-bond donors (Lipinski definition) is 2. The van der Waals surface area contributed by atoms with Crippen LogP contribution in [0.5, 0.6) is 0 Å². The summed E-state index contributed by atoms with van der Waals surface area (Å²) in [6.45, 7) is 9.64. The normalized spacial score (nSPS) is 16.6. The quantitative estimate of drug-likeness (QED) is 0.370. The minimum atomic E-state index is -3.18. The van der Waals surface area contributed by atoms with Crippen LogP contribution in [-0.4, -0.2) is 46.9 Å². The van der Waals surface area contributed by atoms with Crippen molar-refractivity contribution in [2.45, 2.75) is 32.2 Å².